The highest BCUT2D eigenvalue weighted by atomic mass is 32.2. The Labute approximate surface area is 116 Å². The Bertz CT molecular complexity index is 610. The van der Waals surface area contributed by atoms with Crippen LogP contribution in [0.1, 0.15) is 17.3 Å². The summed E-state index contributed by atoms with van der Waals surface area (Å²) >= 11 is 0. The van der Waals surface area contributed by atoms with Crippen molar-refractivity contribution in [1.82, 2.24) is 4.72 Å². The summed E-state index contributed by atoms with van der Waals surface area (Å²) in [6.45, 7) is 1.10. The highest BCUT2D eigenvalue weighted by Gasteiger charge is 2.23. The third-order valence-electron chi connectivity index (χ3n) is 2.58. The van der Waals surface area contributed by atoms with Crippen LogP contribution in [0.25, 0.3) is 0 Å². The van der Waals surface area contributed by atoms with Crippen LogP contribution in [0.15, 0.2) is 29.2 Å². The van der Waals surface area contributed by atoms with E-state index in [1.165, 1.54) is 31.2 Å². The van der Waals surface area contributed by atoms with Crippen molar-refractivity contribution in [3.8, 4) is 0 Å². The third-order valence-corrected chi connectivity index (χ3v) is 4.06. The first kappa shape index (κ1) is 16.1. The molecule has 7 nitrogen and oxygen atoms in total. The molecular weight excluding hydrogens is 286 g/mol. The molecule has 20 heavy (non-hydrogen) atoms. The van der Waals surface area contributed by atoms with Crippen molar-refractivity contribution in [3.63, 3.8) is 0 Å². The zero-order valence-electron chi connectivity index (χ0n) is 11.0. The Morgan fingerprint density at radius 2 is 1.95 bits per heavy atom. The Balaban J connectivity index is 3.04. The van der Waals surface area contributed by atoms with Gasteiger partial charge in [-0.3, -0.25) is 4.79 Å². The standard InChI is InChI=1S/C12H15NO6S/c1-8(11(14)15)7-13-20(17,18)10-6-4-3-5-9(10)12(16)19-2/h3-6,8,13H,7H2,1-2H3,(H,14,15). The second kappa shape index (κ2) is 6.49. The molecule has 1 aromatic carbocycles. The van der Waals surface area contributed by atoms with Gasteiger partial charge in [-0.2, -0.15) is 0 Å². The smallest absolute Gasteiger partial charge is 0.339 e. The predicted octanol–water partition coefficient (Wildman–Crippen LogP) is 0.472. The monoisotopic (exact) mass is 301 g/mol. The van der Waals surface area contributed by atoms with E-state index < -0.39 is 27.9 Å². The fourth-order valence-electron chi connectivity index (χ4n) is 1.38. The molecule has 2 N–H and O–H groups in total. The summed E-state index contributed by atoms with van der Waals surface area (Å²) in [6, 6.07) is 5.54. The Hall–Kier alpha value is -1.93. The van der Waals surface area contributed by atoms with Gasteiger partial charge in [0.05, 0.1) is 23.5 Å². The molecule has 1 unspecified atom stereocenters. The van der Waals surface area contributed by atoms with Gasteiger partial charge in [-0.15, -0.1) is 0 Å². The van der Waals surface area contributed by atoms with Gasteiger partial charge >= 0.3 is 11.9 Å². The number of nitrogens with one attached hydrogen (secondary N) is 1. The Morgan fingerprint density at radius 3 is 2.50 bits per heavy atom. The molecule has 0 fully saturated rings. The first-order valence-corrected chi connectivity index (χ1v) is 7.17. The van der Waals surface area contributed by atoms with E-state index in [2.05, 4.69) is 9.46 Å². The number of carboxylic acids is 1. The minimum atomic E-state index is -3.99. The van der Waals surface area contributed by atoms with Crippen molar-refractivity contribution in [2.24, 2.45) is 5.92 Å². The van der Waals surface area contributed by atoms with Gasteiger partial charge < -0.3 is 9.84 Å². The molecule has 0 heterocycles. The van der Waals surface area contributed by atoms with Gasteiger partial charge in [0.2, 0.25) is 10.0 Å². The highest BCUT2D eigenvalue weighted by molar-refractivity contribution is 7.89. The summed E-state index contributed by atoms with van der Waals surface area (Å²) in [5, 5.41) is 8.72. The number of methoxy groups -OCH3 is 1. The Kier molecular flexibility index (Phi) is 5.23. The molecule has 1 rings (SSSR count). The molecule has 0 aromatic heterocycles. The summed E-state index contributed by atoms with van der Waals surface area (Å²) in [6.07, 6.45) is 0. The van der Waals surface area contributed by atoms with Crippen LogP contribution in [0.2, 0.25) is 0 Å². The van der Waals surface area contributed by atoms with Gasteiger partial charge in [0.25, 0.3) is 0 Å². The molecule has 0 bridgehead atoms. The second-order valence-electron chi connectivity index (χ2n) is 4.08. The van der Waals surface area contributed by atoms with Gasteiger partial charge in [0.1, 0.15) is 0 Å². The SMILES string of the molecule is COC(=O)c1ccccc1S(=O)(=O)NCC(C)C(=O)O. The van der Waals surface area contributed by atoms with E-state index in [-0.39, 0.29) is 17.0 Å². The number of carboxylic acid groups (broad SMARTS) is 1. The van der Waals surface area contributed by atoms with Crippen LogP contribution in [-0.2, 0) is 19.6 Å². The minimum absolute atomic E-state index is 0.106. The molecule has 0 radical (unpaired) electrons. The quantitative estimate of drug-likeness (QED) is 0.739. The normalized spacial score (nSPS) is 12.7. The van der Waals surface area contributed by atoms with E-state index in [9.17, 15) is 18.0 Å². The van der Waals surface area contributed by atoms with Gasteiger partial charge in [-0.1, -0.05) is 19.1 Å². The van der Waals surface area contributed by atoms with E-state index in [0.29, 0.717) is 0 Å². The lowest BCUT2D eigenvalue weighted by molar-refractivity contribution is -0.140. The maximum Gasteiger partial charge on any atom is 0.339 e. The zero-order chi connectivity index (χ0) is 15.3. The number of rotatable bonds is 6. The van der Waals surface area contributed by atoms with Crippen LogP contribution in [0.4, 0.5) is 0 Å². The Morgan fingerprint density at radius 1 is 1.35 bits per heavy atom. The maximum absolute atomic E-state index is 12.1. The molecule has 0 aliphatic rings. The zero-order valence-corrected chi connectivity index (χ0v) is 11.8. The van der Waals surface area contributed by atoms with Crippen LogP contribution in [0.5, 0.6) is 0 Å². The molecule has 1 aromatic rings. The lowest BCUT2D eigenvalue weighted by Gasteiger charge is -2.11. The molecule has 0 aliphatic carbocycles. The highest BCUT2D eigenvalue weighted by Crippen LogP contribution is 2.16. The lowest BCUT2D eigenvalue weighted by atomic mass is 10.2. The van der Waals surface area contributed by atoms with E-state index in [1.807, 2.05) is 0 Å². The van der Waals surface area contributed by atoms with Crippen molar-refractivity contribution in [1.29, 1.82) is 0 Å². The molecule has 0 saturated heterocycles. The predicted molar refractivity (Wildman–Crippen MR) is 69.8 cm³/mol. The van der Waals surface area contributed by atoms with Crippen LogP contribution < -0.4 is 4.72 Å². The average Bonchev–Trinajstić information content (AvgIpc) is 2.43. The number of ether oxygens (including phenoxy) is 1. The van der Waals surface area contributed by atoms with E-state index in [0.717, 1.165) is 7.11 Å². The van der Waals surface area contributed by atoms with Crippen LogP contribution in [-0.4, -0.2) is 39.1 Å². The lowest BCUT2D eigenvalue weighted by Crippen LogP contribution is -2.32. The molecule has 0 spiro atoms. The van der Waals surface area contributed by atoms with Crippen LogP contribution >= 0.6 is 0 Å². The number of sulfonamides is 1. The molecule has 0 saturated carbocycles. The number of benzene rings is 1. The van der Waals surface area contributed by atoms with Crippen molar-refractivity contribution >= 4 is 22.0 Å². The second-order valence-corrected chi connectivity index (χ2v) is 5.81. The van der Waals surface area contributed by atoms with Crippen molar-refractivity contribution in [3.05, 3.63) is 29.8 Å². The van der Waals surface area contributed by atoms with Crippen molar-refractivity contribution < 1.29 is 27.9 Å². The van der Waals surface area contributed by atoms with Crippen LogP contribution in [0, 0.1) is 5.92 Å². The number of esters is 1. The minimum Gasteiger partial charge on any atom is -0.481 e. The van der Waals surface area contributed by atoms with Crippen molar-refractivity contribution in [2.75, 3.05) is 13.7 Å². The molecule has 110 valence electrons. The average molecular weight is 301 g/mol. The fourth-order valence-corrected chi connectivity index (χ4v) is 2.70. The summed E-state index contributed by atoms with van der Waals surface area (Å²) in [5.41, 5.74) is -0.106. The maximum atomic E-state index is 12.1. The van der Waals surface area contributed by atoms with E-state index in [1.54, 1.807) is 0 Å². The van der Waals surface area contributed by atoms with Gasteiger partial charge in [-0.05, 0) is 12.1 Å². The largest absolute Gasteiger partial charge is 0.481 e. The van der Waals surface area contributed by atoms with Gasteiger partial charge in [-0.25, -0.2) is 17.9 Å². The first-order chi connectivity index (χ1) is 9.29. The fraction of sp³-hybridized carbons (Fsp3) is 0.333. The number of hydrogen-bond acceptors (Lipinski definition) is 5. The molecule has 0 amide bonds. The summed E-state index contributed by atoms with van der Waals surface area (Å²) < 4.78 is 30.8. The third kappa shape index (κ3) is 3.78. The van der Waals surface area contributed by atoms with E-state index in [4.69, 9.17) is 5.11 Å². The van der Waals surface area contributed by atoms with E-state index >= 15 is 0 Å². The number of carbonyl (C=O) groups is 2. The van der Waals surface area contributed by atoms with Crippen LogP contribution in [0.3, 0.4) is 0 Å². The molecule has 8 heteroatoms. The topological polar surface area (TPSA) is 110 Å². The van der Waals surface area contributed by atoms with Gasteiger partial charge in [0.15, 0.2) is 0 Å². The molecular formula is C12H15NO6S. The number of carbonyl (C=O) groups excluding carboxylic acids is 1. The van der Waals surface area contributed by atoms with Gasteiger partial charge in [0, 0.05) is 6.54 Å². The summed E-state index contributed by atoms with van der Waals surface area (Å²) in [7, 11) is -2.84. The van der Waals surface area contributed by atoms with Crippen molar-refractivity contribution in [2.45, 2.75) is 11.8 Å². The number of hydrogen-bond donors (Lipinski definition) is 2. The summed E-state index contributed by atoms with van der Waals surface area (Å²) in [5.74, 6) is -2.78. The molecule has 0 aliphatic heterocycles. The molecule has 1 atom stereocenters. The summed E-state index contributed by atoms with van der Waals surface area (Å²) in [4.78, 5) is 21.9. The first-order valence-electron chi connectivity index (χ1n) is 5.69. The number of aliphatic carboxylic acids is 1.